The number of amides is 1. The van der Waals surface area contributed by atoms with Crippen molar-refractivity contribution in [2.24, 2.45) is 0 Å². The number of hydrogen-bond acceptors (Lipinski definition) is 5. The second-order valence-corrected chi connectivity index (χ2v) is 6.73. The second-order valence-electron chi connectivity index (χ2n) is 6.73. The molecule has 7 nitrogen and oxygen atoms in total. The smallest absolute Gasteiger partial charge is 0.257 e. The van der Waals surface area contributed by atoms with Gasteiger partial charge in [-0.15, -0.1) is 0 Å². The minimum absolute atomic E-state index is 0.124. The summed E-state index contributed by atoms with van der Waals surface area (Å²) >= 11 is 0. The van der Waals surface area contributed by atoms with E-state index in [9.17, 15) is 4.79 Å². The highest BCUT2D eigenvalue weighted by Crippen LogP contribution is 2.24. The maximum absolute atomic E-state index is 12.9. The van der Waals surface area contributed by atoms with Crippen LogP contribution in [-0.4, -0.2) is 52.1 Å². The number of carbonyl (C=O) groups excluding carboxylic acids is 1. The van der Waals surface area contributed by atoms with Crippen LogP contribution in [0.3, 0.4) is 0 Å². The maximum Gasteiger partial charge on any atom is 0.257 e. The van der Waals surface area contributed by atoms with Crippen LogP contribution in [0.2, 0.25) is 0 Å². The van der Waals surface area contributed by atoms with Gasteiger partial charge in [0.2, 0.25) is 5.95 Å². The van der Waals surface area contributed by atoms with Crippen LogP contribution in [0, 0.1) is 6.92 Å². The molecule has 0 saturated heterocycles. The highest BCUT2D eigenvalue weighted by atomic mass is 16.2. The standard InChI is InChI=1S/C20H24N6O/c1-13-16(12-21-20(22-13)25(3)4)19(27)26(5)14(2)17-11-18(24-23-17)15-9-7-6-8-10-15/h6-12,14H,1-5H3,(H,23,24)/t14-/m1/s1. The molecular weight excluding hydrogens is 340 g/mol. The number of rotatable bonds is 5. The fraction of sp³-hybridized carbons (Fsp3) is 0.300. The molecule has 0 spiro atoms. The molecule has 3 aromatic rings. The van der Waals surface area contributed by atoms with Gasteiger partial charge in [-0.1, -0.05) is 30.3 Å². The number of carbonyl (C=O) groups is 1. The van der Waals surface area contributed by atoms with E-state index in [-0.39, 0.29) is 11.9 Å². The van der Waals surface area contributed by atoms with Gasteiger partial charge in [-0.05, 0) is 19.9 Å². The Labute approximate surface area is 159 Å². The molecule has 0 fully saturated rings. The summed E-state index contributed by atoms with van der Waals surface area (Å²) in [6.07, 6.45) is 1.59. The fourth-order valence-electron chi connectivity index (χ4n) is 2.76. The Balaban J connectivity index is 1.80. The van der Waals surface area contributed by atoms with E-state index in [1.165, 1.54) is 0 Å². The van der Waals surface area contributed by atoms with Crippen LogP contribution in [-0.2, 0) is 0 Å². The number of nitrogens with zero attached hydrogens (tertiary/aromatic N) is 5. The monoisotopic (exact) mass is 364 g/mol. The van der Waals surface area contributed by atoms with Gasteiger partial charge in [-0.2, -0.15) is 5.10 Å². The second kappa shape index (κ2) is 7.57. The Bertz CT molecular complexity index is 935. The zero-order valence-corrected chi connectivity index (χ0v) is 16.3. The lowest BCUT2D eigenvalue weighted by Crippen LogP contribution is -2.31. The lowest BCUT2D eigenvalue weighted by atomic mass is 10.1. The van der Waals surface area contributed by atoms with Crippen molar-refractivity contribution < 1.29 is 4.79 Å². The van der Waals surface area contributed by atoms with Crippen molar-refractivity contribution in [2.45, 2.75) is 19.9 Å². The average molecular weight is 364 g/mol. The summed E-state index contributed by atoms with van der Waals surface area (Å²) < 4.78 is 0. The van der Waals surface area contributed by atoms with Gasteiger partial charge in [0.15, 0.2) is 0 Å². The summed E-state index contributed by atoms with van der Waals surface area (Å²) in [7, 11) is 5.51. The van der Waals surface area contributed by atoms with Crippen LogP contribution in [0.25, 0.3) is 11.3 Å². The van der Waals surface area contributed by atoms with Gasteiger partial charge in [-0.25, -0.2) is 9.97 Å². The van der Waals surface area contributed by atoms with Crippen LogP contribution >= 0.6 is 0 Å². The normalized spacial score (nSPS) is 11.9. The largest absolute Gasteiger partial charge is 0.347 e. The molecule has 27 heavy (non-hydrogen) atoms. The van der Waals surface area contributed by atoms with E-state index in [1.54, 1.807) is 18.1 Å². The zero-order chi connectivity index (χ0) is 19.6. The Morgan fingerprint density at radius 2 is 1.85 bits per heavy atom. The lowest BCUT2D eigenvalue weighted by molar-refractivity contribution is 0.0738. The molecule has 0 saturated carbocycles. The minimum atomic E-state index is -0.171. The molecule has 1 amide bonds. The first-order valence-electron chi connectivity index (χ1n) is 8.77. The van der Waals surface area contributed by atoms with Crippen molar-refractivity contribution in [1.82, 2.24) is 25.1 Å². The maximum atomic E-state index is 12.9. The molecule has 0 radical (unpaired) electrons. The summed E-state index contributed by atoms with van der Waals surface area (Å²) in [5, 5.41) is 7.43. The van der Waals surface area contributed by atoms with E-state index in [4.69, 9.17) is 0 Å². The first-order chi connectivity index (χ1) is 12.9. The van der Waals surface area contributed by atoms with Crippen molar-refractivity contribution in [3.05, 3.63) is 59.5 Å². The molecule has 140 valence electrons. The van der Waals surface area contributed by atoms with Crippen molar-refractivity contribution in [2.75, 3.05) is 26.0 Å². The number of anilines is 1. The van der Waals surface area contributed by atoms with Gasteiger partial charge in [-0.3, -0.25) is 9.89 Å². The van der Waals surface area contributed by atoms with Gasteiger partial charge < -0.3 is 9.80 Å². The molecule has 7 heteroatoms. The Kier molecular flexibility index (Phi) is 5.21. The van der Waals surface area contributed by atoms with E-state index < -0.39 is 0 Å². The number of hydrogen-bond donors (Lipinski definition) is 1. The third-order valence-electron chi connectivity index (χ3n) is 4.62. The zero-order valence-electron chi connectivity index (χ0n) is 16.3. The highest BCUT2D eigenvalue weighted by Gasteiger charge is 2.23. The molecular formula is C20H24N6O. The average Bonchev–Trinajstić information content (AvgIpc) is 3.17. The first kappa shape index (κ1) is 18.6. The van der Waals surface area contributed by atoms with Crippen LogP contribution in [0.5, 0.6) is 0 Å². The molecule has 2 aromatic heterocycles. The van der Waals surface area contributed by atoms with E-state index in [2.05, 4.69) is 20.2 Å². The van der Waals surface area contributed by atoms with E-state index in [0.29, 0.717) is 17.2 Å². The number of aromatic nitrogens is 4. The van der Waals surface area contributed by atoms with Crippen molar-refractivity contribution in [1.29, 1.82) is 0 Å². The Morgan fingerprint density at radius 1 is 1.15 bits per heavy atom. The number of H-pyrrole nitrogens is 1. The van der Waals surface area contributed by atoms with Crippen molar-refractivity contribution >= 4 is 11.9 Å². The van der Waals surface area contributed by atoms with Crippen LogP contribution in [0.4, 0.5) is 5.95 Å². The summed E-state index contributed by atoms with van der Waals surface area (Å²) in [5.74, 6) is 0.460. The predicted octanol–water partition coefficient (Wildman–Crippen LogP) is 3.07. The predicted molar refractivity (Wildman–Crippen MR) is 106 cm³/mol. The van der Waals surface area contributed by atoms with Gasteiger partial charge in [0.05, 0.1) is 28.7 Å². The number of aromatic amines is 1. The van der Waals surface area contributed by atoms with E-state index >= 15 is 0 Å². The van der Waals surface area contributed by atoms with E-state index in [1.807, 2.05) is 69.2 Å². The number of benzene rings is 1. The Morgan fingerprint density at radius 3 is 2.48 bits per heavy atom. The SMILES string of the molecule is Cc1nc(N(C)C)ncc1C(=O)N(C)[C@H](C)c1cc(-c2ccccc2)n[nH]1. The first-order valence-corrected chi connectivity index (χ1v) is 8.77. The summed E-state index contributed by atoms with van der Waals surface area (Å²) in [4.78, 5) is 25.1. The summed E-state index contributed by atoms with van der Waals surface area (Å²) in [5.41, 5.74) is 3.91. The fourth-order valence-corrected chi connectivity index (χ4v) is 2.76. The molecule has 1 N–H and O–H groups in total. The minimum Gasteiger partial charge on any atom is -0.347 e. The Hall–Kier alpha value is -3.22. The third-order valence-corrected chi connectivity index (χ3v) is 4.62. The van der Waals surface area contributed by atoms with E-state index in [0.717, 1.165) is 17.0 Å². The number of nitrogens with one attached hydrogen (secondary N) is 1. The van der Waals surface area contributed by atoms with Crippen LogP contribution in [0.15, 0.2) is 42.6 Å². The van der Waals surface area contributed by atoms with Crippen LogP contribution < -0.4 is 4.90 Å². The van der Waals surface area contributed by atoms with Crippen molar-refractivity contribution in [3.63, 3.8) is 0 Å². The third kappa shape index (κ3) is 3.81. The molecule has 3 rings (SSSR count). The molecule has 1 atom stereocenters. The van der Waals surface area contributed by atoms with Gasteiger partial charge in [0.1, 0.15) is 0 Å². The molecule has 0 unspecified atom stereocenters. The van der Waals surface area contributed by atoms with Gasteiger partial charge >= 0.3 is 0 Å². The quantitative estimate of drug-likeness (QED) is 0.753. The topological polar surface area (TPSA) is 78.0 Å². The highest BCUT2D eigenvalue weighted by molar-refractivity contribution is 5.95. The van der Waals surface area contributed by atoms with Gasteiger partial charge in [0.25, 0.3) is 5.91 Å². The molecule has 0 aliphatic carbocycles. The molecule has 0 bridgehead atoms. The molecule has 2 heterocycles. The molecule has 0 aliphatic heterocycles. The van der Waals surface area contributed by atoms with Gasteiger partial charge in [0, 0.05) is 32.9 Å². The molecule has 1 aromatic carbocycles. The lowest BCUT2D eigenvalue weighted by Gasteiger charge is -2.24. The number of aryl methyl sites for hydroxylation is 1. The molecule has 0 aliphatic rings. The summed E-state index contributed by atoms with van der Waals surface area (Å²) in [6.45, 7) is 3.79. The van der Waals surface area contributed by atoms with Crippen LogP contribution in [0.1, 0.15) is 34.7 Å². The van der Waals surface area contributed by atoms with Crippen molar-refractivity contribution in [3.8, 4) is 11.3 Å². The summed E-state index contributed by atoms with van der Waals surface area (Å²) in [6, 6.07) is 11.7.